The molecule has 5 nitrogen and oxygen atoms in total. The Bertz CT molecular complexity index is 1160. The van der Waals surface area contributed by atoms with Crippen molar-refractivity contribution in [1.82, 2.24) is 4.90 Å². The lowest BCUT2D eigenvalue weighted by Gasteiger charge is -2.31. The van der Waals surface area contributed by atoms with Crippen molar-refractivity contribution < 1.29 is 18.8 Å². The van der Waals surface area contributed by atoms with E-state index in [-0.39, 0.29) is 16.7 Å². The molecule has 0 aromatic heterocycles. The van der Waals surface area contributed by atoms with Crippen LogP contribution in [0.3, 0.4) is 0 Å². The number of benzene rings is 2. The summed E-state index contributed by atoms with van der Waals surface area (Å²) in [5.41, 5.74) is 6.10. The predicted molar refractivity (Wildman–Crippen MR) is 204 cm³/mol. The third-order valence-electron chi connectivity index (χ3n) is 8.48. The van der Waals surface area contributed by atoms with E-state index in [1.807, 2.05) is 32.1 Å². The molecule has 0 fully saturated rings. The molecule has 0 saturated heterocycles. The zero-order valence-electron chi connectivity index (χ0n) is 32.9. The number of ether oxygens (including phenoxy) is 1. The highest BCUT2D eigenvalue weighted by Crippen LogP contribution is 2.23. The van der Waals surface area contributed by atoms with Crippen molar-refractivity contribution in [2.45, 2.75) is 119 Å². The fourth-order valence-electron chi connectivity index (χ4n) is 4.79. The largest absolute Gasteiger partial charge is 0.374 e. The molecule has 0 N–H and O–H groups in total. The van der Waals surface area contributed by atoms with Crippen LogP contribution in [0.4, 0.5) is 0 Å². The Balaban J connectivity index is 0.000000677. The smallest absolute Gasteiger partial charge is 0.145 e. The topological polar surface area (TPSA) is 46.6 Å². The lowest BCUT2D eigenvalue weighted by Crippen LogP contribution is -2.43. The quantitative estimate of drug-likeness (QED) is 0.0885. The number of aldehydes is 2. The Kier molecular flexibility index (Phi) is 20.2. The van der Waals surface area contributed by atoms with Crippen LogP contribution in [0.25, 0.3) is 6.08 Å². The summed E-state index contributed by atoms with van der Waals surface area (Å²) in [5, 5.41) is 0. The van der Waals surface area contributed by atoms with E-state index in [1.54, 1.807) is 0 Å². The van der Waals surface area contributed by atoms with E-state index in [0.29, 0.717) is 12.1 Å². The maximum Gasteiger partial charge on any atom is 0.145 e. The standard InChI is InChI=1S/C14H33N2O.C14H20O.C14H18O/c1-8-16(6,7)10-12-17-11-9-15(13(2)3)14(4)5;2*1-11(10-15)9-12-5-7-13(8-6-12)14(2,3)4/h13-14H,8-12H2,1-7H3;5-8,10-11H,9H2,1-4H3;5-10H,1-4H3/q+1;;/b;;11-9+. The Morgan fingerprint density at radius 2 is 1.26 bits per heavy atom. The van der Waals surface area contributed by atoms with E-state index in [0.717, 1.165) is 67.5 Å². The molecule has 0 amide bonds. The Hall–Kier alpha value is -2.60. The molecule has 0 aliphatic rings. The van der Waals surface area contributed by atoms with E-state index in [2.05, 4.69) is 132 Å². The van der Waals surface area contributed by atoms with Gasteiger partial charge in [0.25, 0.3) is 0 Å². The van der Waals surface area contributed by atoms with Crippen molar-refractivity contribution in [2.75, 3.05) is 46.9 Å². The summed E-state index contributed by atoms with van der Waals surface area (Å²) in [5.74, 6) is 0.116. The molecule has 47 heavy (non-hydrogen) atoms. The highest BCUT2D eigenvalue weighted by molar-refractivity contribution is 5.80. The van der Waals surface area contributed by atoms with Crippen molar-refractivity contribution in [1.29, 1.82) is 0 Å². The minimum atomic E-state index is 0.116. The molecule has 0 heterocycles. The number of rotatable bonds is 14. The van der Waals surface area contributed by atoms with Crippen molar-refractivity contribution in [2.24, 2.45) is 5.92 Å². The minimum Gasteiger partial charge on any atom is -0.374 e. The van der Waals surface area contributed by atoms with Crippen LogP contribution in [-0.4, -0.2) is 81.0 Å². The summed E-state index contributed by atoms with van der Waals surface area (Å²) in [6.45, 7) is 33.2. The molecule has 0 aliphatic carbocycles. The van der Waals surface area contributed by atoms with Crippen molar-refractivity contribution in [3.8, 4) is 0 Å². The lowest BCUT2D eigenvalue weighted by atomic mass is 9.86. The first-order valence-corrected chi connectivity index (χ1v) is 17.6. The van der Waals surface area contributed by atoms with Gasteiger partial charge in [0.15, 0.2) is 0 Å². The number of nitrogens with zero attached hydrogens (tertiary/aromatic N) is 2. The number of likely N-dealkylation sites (N-methyl/N-ethyl adjacent to an activating group) is 1. The van der Waals surface area contributed by atoms with E-state index in [9.17, 15) is 9.59 Å². The summed E-state index contributed by atoms with van der Waals surface area (Å²) in [7, 11) is 4.50. The number of hydrogen-bond donors (Lipinski definition) is 0. The van der Waals surface area contributed by atoms with Crippen LogP contribution in [0.1, 0.15) is 112 Å². The van der Waals surface area contributed by atoms with E-state index < -0.39 is 0 Å². The average molecular weight is 652 g/mol. The van der Waals surface area contributed by atoms with E-state index in [4.69, 9.17) is 4.74 Å². The molecule has 5 heteroatoms. The van der Waals surface area contributed by atoms with Gasteiger partial charge in [-0.05, 0) is 92.7 Å². The lowest BCUT2D eigenvalue weighted by molar-refractivity contribution is -0.888. The summed E-state index contributed by atoms with van der Waals surface area (Å²) < 4.78 is 6.78. The predicted octanol–water partition coefficient (Wildman–Crippen LogP) is 9.17. The summed E-state index contributed by atoms with van der Waals surface area (Å²) >= 11 is 0. The number of hydrogen-bond acceptors (Lipinski definition) is 4. The first-order valence-electron chi connectivity index (χ1n) is 17.6. The van der Waals surface area contributed by atoms with E-state index >= 15 is 0 Å². The molecule has 0 radical (unpaired) electrons. The average Bonchev–Trinajstić information content (AvgIpc) is 2.98. The van der Waals surface area contributed by atoms with E-state index in [1.165, 1.54) is 16.7 Å². The Morgan fingerprint density at radius 3 is 1.64 bits per heavy atom. The molecular formula is C42H71N2O3+. The Morgan fingerprint density at radius 1 is 0.787 bits per heavy atom. The van der Waals surface area contributed by atoms with Crippen molar-refractivity contribution in [3.63, 3.8) is 0 Å². The second-order valence-corrected chi connectivity index (χ2v) is 16.2. The van der Waals surface area contributed by atoms with Gasteiger partial charge in [-0.25, -0.2) is 0 Å². The molecule has 2 aromatic rings. The molecule has 0 saturated carbocycles. The maximum absolute atomic E-state index is 10.5. The van der Waals surface area contributed by atoms with Gasteiger partial charge in [0, 0.05) is 24.5 Å². The van der Waals surface area contributed by atoms with Crippen LogP contribution >= 0.6 is 0 Å². The van der Waals surface area contributed by atoms with Crippen LogP contribution in [0.15, 0.2) is 54.1 Å². The van der Waals surface area contributed by atoms with Crippen LogP contribution in [-0.2, 0) is 31.6 Å². The van der Waals surface area contributed by atoms with Gasteiger partial charge in [-0.1, -0.05) is 97.0 Å². The van der Waals surface area contributed by atoms with Gasteiger partial charge in [-0.3, -0.25) is 9.69 Å². The summed E-state index contributed by atoms with van der Waals surface area (Å²) in [4.78, 5) is 23.5. The zero-order chi connectivity index (χ0) is 36.4. The Labute approximate surface area is 290 Å². The molecule has 2 aromatic carbocycles. The zero-order valence-corrected chi connectivity index (χ0v) is 32.9. The fraction of sp³-hybridized carbons (Fsp3) is 0.619. The second kappa shape index (κ2) is 21.4. The molecule has 1 atom stereocenters. The van der Waals surface area contributed by atoms with Crippen LogP contribution in [0.5, 0.6) is 0 Å². The van der Waals surface area contributed by atoms with Crippen LogP contribution in [0, 0.1) is 5.92 Å². The third-order valence-corrected chi connectivity index (χ3v) is 8.48. The highest BCUT2D eigenvalue weighted by atomic mass is 16.5. The number of carbonyl (C=O) groups is 2. The van der Waals surface area contributed by atoms with Crippen LogP contribution < -0.4 is 0 Å². The molecule has 1 unspecified atom stereocenters. The fourth-order valence-corrected chi connectivity index (χ4v) is 4.79. The van der Waals surface area contributed by atoms with Gasteiger partial charge in [-0.2, -0.15) is 0 Å². The molecule has 0 aliphatic heterocycles. The summed E-state index contributed by atoms with van der Waals surface area (Å²) in [6.07, 6.45) is 4.61. The maximum atomic E-state index is 10.5. The molecular weight excluding hydrogens is 580 g/mol. The minimum absolute atomic E-state index is 0.116. The monoisotopic (exact) mass is 652 g/mol. The number of carbonyl (C=O) groups excluding carboxylic acids is 2. The van der Waals surface area contributed by atoms with Crippen molar-refractivity contribution in [3.05, 3.63) is 76.4 Å². The van der Waals surface area contributed by atoms with Crippen LogP contribution in [0.2, 0.25) is 0 Å². The van der Waals surface area contributed by atoms with Gasteiger partial charge in [0.2, 0.25) is 0 Å². The van der Waals surface area contributed by atoms with Gasteiger partial charge < -0.3 is 14.0 Å². The van der Waals surface area contributed by atoms with Crippen molar-refractivity contribution >= 4 is 18.6 Å². The van der Waals surface area contributed by atoms with Gasteiger partial charge in [0.1, 0.15) is 19.1 Å². The molecule has 2 rings (SSSR count). The second-order valence-electron chi connectivity index (χ2n) is 16.2. The van der Waals surface area contributed by atoms with Gasteiger partial charge >= 0.3 is 0 Å². The molecule has 266 valence electrons. The first kappa shape index (κ1) is 44.4. The first-order chi connectivity index (χ1) is 21.7. The SMILES string of the molecule is C/C(C=O)=C\c1ccc(C(C)(C)C)cc1.CC(C=O)Cc1ccc(C(C)(C)C)cc1.CC[N+](C)(C)CCOCCN(C(C)C)C(C)C. The van der Waals surface area contributed by atoms with Gasteiger partial charge in [0.05, 0.1) is 33.9 Å². The number of quaternary nitrogens is 1. The van der Waals surface area contributed by atoms with Gasteiger partial charge in [-0.15, -0.1) is 0 Å². The molecule has 0 spiro atoms. The normalized spacial score (nSPS) is 13.1. The molecule has 0 bridgehead atoms. The third kappa shape index (κ3) is 19.7. The number of allylic oxidation sites excluding steroid dienone is 1. The highest BCUT2D eigenvalue weighted by Gasteiger charge is 2.15. The summed E-state index contributed by atoms with van der Waals surface area (Å²) in [6, 6.07) is 18.1.